The summed E-state index contributed by atoms with van der Waals surface area (Å²) in [5.74, 6) is -1.47. The highest BCUT2D eigenvalue weighted by molar-refractivity contribution is 5.85. The Hall–Kier alpha value is -3.39. The van der Waals surface area contributed by atoms with E-state index in [0.29, 0.717) is 0 Å². The fourth-order valence-electron chi connectivity index (χ4n) is 5.62. The lowest BCUT2D eigenvalue weighted by Crippen LogP contribution is -2.52. The minimum atomic E-state index is -1.13. The van der Waals surface area contributed by atoms with Crippen LogP contribution in [0.1, 0.15) is 49.7 Å². The Morgan fingerprint density at radius 2 is 1.66 bits per heavy atom. The van der Waals surface area contributed by atoms with Crippen molar-refractivity contribution in [1.82, 2.24) is 10.2 Å². The molecule has 8 heteroatoms. The molecule has 1 heterocycles. The summed E-state index contributed by atoms with van der Waals surface area (Å²) in [7, 11) is 0. The molecule has 0 radical (unpaired) electrons. The van der Waals surface area contributed by atoms with Gasteiger partial charge in [0, 0.05) is 18.9 Å². The molecule has 2 fully saturated rings. The Bertz CT molecular complexity index is 1120. The van der Waals surface area contributed by atoms with E-state index in [0.717, 1.165) is 35.1 Å². The normalized spacial score (nSPS) is 22.7. The number of alkyl carbamates (subject to hydrolysis) is 1. The third-order valence-electron chi connectivity index (χ3n) is 7.61. The summed E-state index contributed by atoms with van der Waals surface area (Å²) in [6, 6.07) is 15.2. The number of carboxylic acid groups (broad SMARTS) is 1. The summed E-state index contributed by atoms with van der Waals surface area (Å²) in [6.07, 6.45) is 0.267. The van der Waals surface area contributed by atoms with E-state index in [4.69, 9.17) is 4.74 Å². The van der Waals surface area contributed by atoms with E-state index in [1.54, 1.807) is 0 Å². The number of ether oxygens (including phenoxy) is 1. The highest BCUT2D eigenvalue weighted by Gasteiger charge is 2.47. The van der Waals surface area contributed by atoms with Crippen LogP contribution in [0.5, 0.6) is 0 Å². The number of benzene rings is 2. The van der Waals surface area contributed by atoms with Crippen LogP contribution in [-0.2, 0) is 14.3 Å². The van der Waals surface area contributed by atoms with Gasteiger partial charge in [-0.25, -0.2) is 9.59 Å². The largest absolute Gasteiger partial charge is 0.480 e. The number of aliphatic carboxylic acids is 1. The number of fused-ring (bicyclic) bond motifs is 3. The van der Waals surface area contributed by atoms with Gasteiger partial charge in [0.1, 0.15) is 12.6 Å². The molecule has 3 N–H and O–H groups in total. The molecule has 35 heavy (non-hydrogen) atoms. The van der Waals surface area contributed by atoms with Gasteiger partial charge in [-0.2, -0.15) is 0 Å². The molecule has 5 rings (SSSR count). The molecule has 2 aromatic carbocycles. The van der Waals surface area contributed by atoms with E-state index in [1.165, 1.54) is 4.90 Å². The number of hydrogen-bond donors (Lipinski definition) is 3. The standard InChI is InChI=1S/C27H30N2O6/c1-27(16-10-11-16,13-24(31)29-14-17(30)12-23(29)25(32)33)28-26(34)35-15-22-20-8-4-2-6-18(20)19-7-3-5-9-21(19)22/h2-9,16-17,22-23,30H,10-15H2,1H3,(H,28,34)(H,32,33)/t17-,23+,27?/m1/s1. The van der Waals surface area contributed by atoms with Gasteiger partial charge in [-0.3, -0.25) is 4.79 Å². The van der Waals surface area contributed by atoms with Crippen LogP contribution in [0.4, 0.5) is 4.79 Å². The SMILES string of the molecule is CC(CC(=O)N1C[C@H](O)C[C@H]1C(=O)O)(NC(=O)OCC1c2ccccc2-c2ccccc21)C1CC1. The number of likely N-dealkylation sites (tertiary alicyclic amines) is 1. The molecule has 3 atom stereocenters. The molecule has 1 unspecified atom stereocenters. The molecule has 0 aromatic heterocycles. The van der Waals surface area contributed by atoms with Crippen LogP contribution in [0.15, 0.2) is 48.5 Å². The first-order valence-corrected chi connectivity index (χ1v) is 12.1. The van der Waals surface area contributed by atoms with E-state index in [9.17, 15) is 24.6 Å². The van der Waals surface area contributed by atoms with E-state index in [-0.39, 0.29) is 43.7 Å². The van der Waals surface area contributed by atoms with Crippen molar-refractivity contribution in [3.05, 3.63) is 59.7 Å². The lowest BCUT2D eigenvalue weighted by molar-refractivity contribution is -0.148. The highest BCUT2D eigenvalue weighted by atomic mass is 16.5. The minimum Gasteiger partial charge on any atom is -0.480 e. The maximum Gasteiger partial charge on any atom is 0.407 e. The van der Waals surface area contributed by atoms with Gasteiger partial charge in [0.25, 0.3) is 0 Å². The first-order chi connectivity index (χ1) is 16.8. The van der Waals surface area contributed by atoms with Crippen LogP contribution in [-0.4, -0.2) is 63.9 Å². The van der Waals surface area contributed by atoms with Crippen LogP contribution in [0.25, 0.3) is 11.1 Å². The topological polar surface area (TPSA) is 116 Å². The number of nitrogens with zero attached hydrogens (tertiary/aromatic N) is 1. The number of hydrogen-bond acceptors (Lipinski definition) is 5. The highest BCUT2D eigenvalue weighted by Crippen LogP contribution is 2.45. The predicted octanol–water partition coefficient (Wildman–Crippen LogP) is 3.13. The second kappa shape index (κ2) is 9.00. The van der Waals surface area contributed by atoms with Crippen LogP contribution >= 0.6 is 0 Å². The maximum absolute atomic E-state index is 13.0. The average molecular weight is 479 g/mol. The van der Waals surface area contributed by atoms with Gasteiger partial charge in [-0.05, 0) is 47.9 Å². The molecule has 2 aliphatic carbocycles. The molecule has 0 spiro atoms. The predicted molar refractivity (Wildman–Crippen MR) is 128 cm³/mol. The van der Waals surface area contributed by atoms with Gasteiger partial charge in [-0.1, -0.05) is 48.5 Å². The smallest absolute Gasteiger partial charge is 0.407 e. The minimum absolute atomic E-state index is 0.0124. The zero-order valence-corrected chi connectivity index (χ0v) is 19.6. The number of nitrogens with one attached hydrogen (secondary N) is 1. The number of rotatable bonds is 7. The zero-order valence-electron chi connectivity index (χ0n) is 19.6. The van der Waals surface area contributed by atoms with Crippen molar-refractivity contribution in [3.63, 3.8) is 0 Å². The number of carbonyl (C=O) groups is 3. The summed E-state index contributed by atoms with van der Waals surface area (Å²) >= 11 is 0. The summed E-state index contributed by atoms with van der Waals surface area (Å²) in [5.41, 5.74) is 3.68. The molecule has 2 amide bonds. The van der Waals surface area contributed by atoms with Crippen molar-refractivity contribution in [2.45, 2.75) is 56.2 Å². The van der Waals surface area contributed by atoms with Gasteiger partial charge >= 0.3 is 12.1 Å². The second-order valence-corrected chi connectivity index (χ2v) is 10.1. The molecule has 184 valence electrons. The van der Waals surface area contributed by atoms with Gasteiger partial charge < -0.3 is 25.2 Å². The fourth-order valence-corrected chi connectivity index (χ4v) is 5.62. The molecular formula is C27H30N2O6. The Morgan fingerprint density at radius 3 is 2.23 bits per heavy atom. The molecular weight excluding hydrogens is 448 g/mol. The monoisotopic (exact) mass is 478 g/mol. The summed E-state index contributed by atoms with van der Waals surface area (Å²) < 4.78 is 5.69. The van der Waals surface area contributed by atoms with Gasteiger partial charge in [-0.15, -0.1) is 0 Å². The summed E-state index contributed by atoms with van der Waals surface area (Å²) in [5, 5.41) is 22.3. The lowest BCUT2D eigenvalue weighted by Gasteiger charge is -2.33. The van der Waals surface area contributed by atoms with Gasteiger partial charge in [0.15, 0.2) is 0 Å². The van der Waals surface area contributed by atoms with Crippen molar-refractivity contribution < 1.29 is 29.3 Å². The fraction of sp³-hybridized carbons (Fsp3) is 0.444. The molecule has 0 bridgehead atoms. The number of amides is 2. The van der Waals surface area contributed by atoms with Gasteiger partial charge in [0.05, 0.1) is 18.1 Å². The third kappa shape index (κ3) is 4.50. The molecule has 1 saturated carbocycles. The van der Waals surface area contributed by atoms with E-state index < -0.39 is 29.7 Å². The second-order valence-electron chi connectivity index (χ2n) is 10.1. The number of carboxylic acids is 1. The quantitative estimate of drug-likeness (QED) is 0.563. The maximum atomic E-state index is 13.0. The van der Waals surface area contributed by atoms with Crippen LogP contribution in [0.2, 0.25) is 0 Å². The number of carbonyl (C=O) groups excluding carboxylic acids is 2. The molecule has 3 aliphatic rings. The van der Waals surface area contributed by atoms with Crippen molar-refractivity contribution in [2.24, 2.45) is 5.92 Å². The van der Waals surface area contributed by atoms with Crippen molar-refractivity contribution in [1.29, 1.82) is 0 Å². The Kier molecular flexibility index (Phi) is 6.01. The van der Waals surface area contributed by atoms with Crippen LogP contribution in [0, 0.1) is 5.92 Å². The zero-order chi connectivity index (χ0) is 24.7. The van der Waals surface area contributed by atoms with Crippen molar-refractivity contribution >= 4 is 18.0 Å². The average Bonchev–Trinajstić information content (AvgIpc) is 3.55. The van der Waals surface area contributed by atoms with Gasteiger partial charge in [0.2, 0.25) is 5.91 Å². The summed E-state index contributed by atoms with van der Waals surface area (Å²) in [4.78, 5) is 38.7. The van der Waals surface area contributed by atoms with Crippen LogP contribution < -0.4 is 5.32 Å². The molecule has 1 saturated heterocycles. The first-order valence-electron chi connectivity index (χ1n) is 12.1. The third-order valence-corrected chi connectivity index (χ3v) is 7.61. The summed E-state index contributed by atoms with van der Waals surface area (Å²) in [6.45, 7) is 1.97. The van der Waals surface area contributed by atoms with E-state index in [1.807, 2.05) is 31.2 Å². The molecule has 8 nitrogen and oxygen atoms in total. The Labute approximate surface area is 203 Å². The first kappa shape index (κ1) is 23.4. The number of aliphatic hydroxyl groups excluding tert-OH is 1. The van der Waals surface area contributed by atoms with Crippen molar-refractivity contribution in [2.75, 3.05) is 13.2 Å². The van der Waals surface area contributed by atoms with Crippen molar-refractivity contribution in [3.8, 4) is 11.1 Å². The number of β-amino-alcohol motifs (C(OH)–C–C–N with tert-alkyl or cyclic N) is 1. The molecule has 1 aliphatic heterocycles. The lowest BCUT2D eigenvalue weighted by atomic mass is 9.91. The number of aliphatic hydroxyl groups is 1. The van der Waals surface area contributed by atoms with E-state index in [2.05, 4.69) is 29.6 Å². The van der Waals surface area contributed by atoms with E-state index >= 15 is 0 Å². The van der Waals surface area contributed by atoms with Crippen LogP contribution in [0.3, 0.4) is 0 Å². The Morgan fingerprint density at radius 1 is 1.06 bits per heavy atom. The Balaban J connectivity index is 1.25. The molecule has 2 aromatic rings.